The van der Waals surface area contributed by atoms with Gasteiger partial charge in [0.1, 0.15) is 5.02 Å². The van der Waals surface area contributed by atoms with Gasteiger partial charge in [-0.3, -0.25) is 4.79 Å². The SMILES string of the molecule is O=c1[nH]cnc(N2CCN(c3ncccn3)CC2)c1Cl. The highest BCUT2D eigenvalue weighted by Gasteiger charge is 2.22. The van der Waals surface area contributed by atoms with Gasteiger partial charge in [-0.05, 0) is 6.07 Å². The molecule has 0 aromatic carbocycles. The van der Waals surface area contributed by atoms with Crippen molar-refractivity contribution in [2.45, 2.75) is 0 Å². The predicted octanol–water partition coefficient (Wildman–Crippen LogP) is 0.540. The van der Waals surface area contributed by atoms with Gasteiger partial charge in [0, 0.05) is 38.6 Å². The summed E-state index contributed by atoms with van der Waals surface area (Å²) in [6.07, 6.45) is 4.82. The molecule has 1 aliphatic rings. The summed E-state index contributed by atoms with van der Waals surface area (Å²) in [5.74, 6) is 1.25. The van der Waals surface area contributed by atoms with Crippen LogP contribution in [0.25, 0.3) is 0 Å². The van der Waals surface area contributed by atoms with Crippen LogP contribution in [0.2, 0.25) is 5.02 Å². The van der Waals surface area contributed by atoms with Crippen molar-refractivity contribution in [3.8, 4) is 0 Å². The summed E-state index contributed by atoms with van der Waals surface area (Å²) < 4.78 is 0. The number of hydrogen-bond acceptors (Lipinski definition) is 6. The number of nitrogens with one attached hydrogen (secondary N) is 1. The average Bonchev–Trinajstić information content (AvgIpc) is 2.51. The molecule has 1 saturated heterocycles. The molecule has 0 atom stereocenters. The van der Waals surface area contributed by atoms with Crippen molar-refractivity contribution in [3.05, 3.63) is 40.2 Å². The smallest absolute Gasteiger partial charge is 0.271 e. The monoisotopic (exact) mass is 292 g/mol. The first-order chi connectivity index (χ1) is 9.75. The van der Waals surface area contributed by atoms with Crippen LogP contribution in [0.15, 0.2) is 29.6 Å². The van der Waals surface area contributed by atoms with E-state index in [1.54, 1.807) is 18.5 Å². The van der Waals surface area contributed by atoms with E-state index in [1.807, 2.05) is 4.90 Å². The largest absolute Gasteiger partial charge is 0.352 e. The van der Waals surface area contributed by atoms with E-state index in [2.05, 4.69) is 24.8 Å². The highest BCUT2D eigenvalue weighted by atomic mass is 35.5. The Morgan fingerprint density at radius 3 is 2.40 bits per heavy atom. The molecule has 3 rings (SSSR count). The summed E-state index contributed by atoms with van der Waals surface area (Å²) >= 11 is 5.99. The molecule has 3 heterocycles. The van der Waals surface area contributed by atoms with Crippen LogP contribution in [-0.4, -0.2) is 46.1 Å². The van der Waals surface area contributed by atoms with E-state index in [0.717, 1.165) is 19.0 Å². The lowest BCUT2D eigenvalue weighted by Crippen LogP contribution is -2.47. The van der Waals surface area contributed by atoms with Crippen LogP contribution < -0.4 is 15.4 Å². The number of nitrogens with zero attached hydrogens (tertiary/aromatic N) is 5. The molecule has 8 heteroatoms. The molecule has 0 spiro atoms. The topological polar surface area (TPSA) is 78.0 Å². The molecule has 0 amide bonds. The normalized spacial score (nSPS) is 15.4. The van der Waals surface area contributed by atoms with Crippen LogP contribution in [0, 0.1) is 0 Å². The summed E-state index contributed by atoms with van der Waals surface area (Å²) in [4.78, 5) is 30.6. The number of aromatic amines is 1. The minimum Gasteiger partial charge on any atom is -0.352 e. The first-order valence-corrected chi connectivity index (χ1v) is 6.63. The van der Waals surface area contributed by atoms with Crippen molar-refractivity contribution in [2.75, 3.05) is 36.0 Å². The van der Waals surface area contributed by atoms with E-state index >= 15 is 0 Å². The Labute approximate surface area is 120 Å². The third kappa shape index (κ3) is 2.44. The highest BCUT2D eigenvalue weighted by Crippen LogP contribution is 2.20. The zero-order valence-electron chi connectivity index (χ0n) is 10.7. The lowest BCUT2D eigenvalue weighted by atomic mass is 10.3. The van der Waals surface area contributed by atoms with Crippen LogP contribution in [-0.2, 0) is 0 Å². The molecular weight excluding hydrogens is 280 g/mol. The molecule has 1 fully saturated rings. The van der Waals surface area contributed by atoms with E-state index in [4.69, 9.17) is 11.6 Å². The summed E-state index contributed by atoms with van der Waals surface area (Å²) in [6, 6.07) is 1.79. The van der Waals surface area contributed by atoms with Crippen LogP contribution in [0.3, 0.4) is 0 Å². The maximum atomic E-state index is 11.5. The van der Waals surface area contributed by atoms with E-state index in [0.29, 0.717) is 18.9 Å². The number of aromatic nitrogens is 4. The van der Waals surface area contributed by atoms with Gasteiger partial charge in [0.05, 0.1) is 6.33 Å². The third-order valence-electron chi connectivity index (χ3n) is 3.19. The zero-order chi connectivity index (χ0) is 13.9. The number of hydrogen-bond donors (Lipinski definition) is 1. The zero-order valence-corrected chi connectivity index (χ0v) is 11.4. The van der Waals surface area contributed by atoms with Crippen LogP contribution >= 0.6 is 11.6 Å². The van der Waals surface area contributed by atoms with Gasteiger partial charge in [0.15, 0.2) is 5.82 Å². The molecule has 0 aliphatic carbocycles. The Morgan fingerprint density at radius 1 is 1.05 bits per heavy atom. The summed E-state index contributed by atoms with van der Waals surface area (Å²) in [5.41, 5.74) is -0.314. The number of halogens is 1. The van der Waals surface area contributed by atoms with Gasteiger partial charge in [-0.1, -0.05) is 11.6 Å². The van der Waals surface area contributed by atoms with Gasteiger partial charge < -0.3 is 14.8 Å². The molecule has 7 nitrogen and oxygen atoms in total. The molecule has 2 aromatic rings. The lowest BCUT2D eigenvalue weighted by molar-refractivity contribution is 0.633. The molecule has 0 bridgehead atoms. The first-order valence-electron chi connectivity index (χ1n) is 6.26. The Morgan fingerprint density at radius 2 is 1.70 bits per heavy atom. The number of piperazine rings is 1. The first kappa shape index (κ1) is 12.9. The van der Waals surface area contributed by atoms with Crippen LogP contribution in [0.5, 0.6) is 0 Å². The molecule has 20 heavy (non-hydrogen) atoms. The van der Waals surface area contributed by atoms with Gasteiger partial charge in [0.25, 0.3) is 5.56 Å². The second-order valence-corrected chi connectivity index (χ2v) is 4.77. The second kappa shape index (κ2) is 5.46. The predicted molar refractivity (Wildman–Crippen MR) is 76.3 cm³/mol. The molecule has 2 aromatic heterocycles. The molecule has 1 aliphatic heterocycles. The molecule has 104 valence electrons. The Hall–Kier alpha value is -2.15. The van der Waals surface area contributed by atoms with Crippen molar-refractivity contribution < 1.29 is 0 Å². The van der Waals surface area contributed by atoms with Crippen molar-refractivity contribution in [1.82, 2.24) is 19.9 Å². The number of rotatable bonds is 2. The third-order valence-corrected chi connectivity index (χ3v) is 3.53. The van der Waals surface area contributed by atoms with Crippen molar-refractivity contribution >= 4 is 23.4 Å². The van der Waals surface area contributed by atoms with Gasteiger partial charge >= 0.3 is 0 Å². The lowest BCUT2D eigenvalue weighted by Gasteiger charge is -2.35. The quantitative estimate of drug-likeness (QED) is 0.870. The van der Waals surface area contributed by atoms with Gasteiger partial charge in [-0.25, -0.2) is 15.0 Å². The average molecular weight is 293 g/mol. The van der Waals surface area contributed by atoms with Crippen molar-refractivity contribution in [2.24, 2.45) is 0 Å². The van der Waals surface area contributed by atoms with Gasteiger partial charge in [-0.15, -0.1) is 0 Å². The number of anilines is 2. The molecule has 0 saturated carbocycles. The van der Waals surface area contributed by atoms with Crippen molar-refractivity contribution in [1.29, 1.82) is 0 Å². The maximum Gasteiger partial charge on any atom is 0.271 e. The van der Waals surface area contributed by atoms with E-state index in [9.17, 15) is 4.79 Å². The van der Waals surface area contributed by atoms with Gasteiger partial charge in [0.2, 0.25) is 5.95 Å². The Balaban J connectivity index is 1.73. The summed E-state index contributed by atoms with van der Waals surface area (Å²) in [6.45, 7) is 2.95. The fourth-order valence-electron chi connectivity index (χ4n) is 2.17. The highest BCUT2D eigenvalue weighted by molar-refractivity contribution is 6.32. The van der Waals surface area contributed by atoms with Crippen molar-refractivity contribution in [3.63, 3.8) is 0 Å². The van der Waals surface area contributed by atoms with Gasteiger partial charge in [-0.2, -0.15) is 0 Å². The maximum absolute atomic E-state index is 11.5. The Kier molecular flexibility index (Phi) is 3.51. The molecule has 0 radical (unpaired) electrons. The fraction of sp³-hybridized carbons (Fsp3) is 0.333. The summed E-state index contributed by atoms with van der Waals surface area (Å²) in [5, 5.41) is 0.136. The second-order valence-electron chi connectivity index (χ2n) is 4.39. The minimum absolute atomic E-state index is 0.136. The van der Waals surface area contributed by atoms with E-state index < -0.39 is 0 Å². The molecule has 0 unspecified atom stereocenters. The standard InChI is InChI=1S/C12H13ClN6O/c13-9-10(16-8-17-11(9)20)18-4-6-19(7-5-18)12-14-2-1-3-15-12/h1-3,8H,4-7H2,(H,16,17,20). The molecular formula is C12H13ClN6O. The fourth-order valence-corrected chi connectivity index (χ4v) is 2.39. The number of H-pyrrole nitrogens is 1. The van der Waals surface area contributed by atoms with Crippen LogP contribution in [0.4, 0.5) is 11.8 Å². The minimum atomic E-state index is -0.314. The van der Waals surface area contributed by atoms with E-state index in [-0.39, 0.29) is 10.6 Å². The Bertz CT molecular complexity index is 638. The van der Waals surface area contributed by atoms with Crippen LogP contribution in [0.1, 0.15) is 0 Å². The molecule has 1 N–H and O–H groups in total. The summed E-state index contributed by atoms with van der Waals surface area (Å²) in [7, 11) is 0. The van der Waals surface area contributed by atoms with E-state index in [1.165, 1.54) is 6.33 Å².